The summed E-state index contributed by atoms with van der Waals surface area (Å²) in [5.41, 5.74) is 2.37. The van der Waals surface area contributed by atoms with Gasteiger partial charge in [0.1, 0.15) is 0 Å². The van der Waals surface area contributed by atoms with Gasteiger partial charge in [-0.1, -0.05) is 36.0 Å². The van der Waals surface area contributed by atoms with Gasteiger partial charge in [-0.15, -0.1) is 0 Å². The second kappa shape index (κ2) is 7.73. The maximum absolute atomic E-state index is 12.1. The number of carbonyl (C=O) groups is 1. The molecule has 2 aromatic carbocycles. The standard InChI is InChI=1S/C19H23N3OS/c1-21(2)14-12-20-19(23)11-13-22-15-7-3-5-9-17(15)24-18-10-6-4-8-16(18)22/h3-10H,11-14H2,1-2H3,(H,20,23). The van der Waals surface area contributed by atoms with E-state index < -0.39 is 0 Å². The third-order valence-electron chi connectivity index (χ3n) is 3.98. The van der Waals surface area contributed by atoms with Gasteiger partial charge in [0, 0.05) is 35.8 Å². The van der Waals surface area contributed by atoms with Crippen LogP contribution in [-0.4, -0.2) is 44.5 Å². The summed E-state index contributed by atoms with van der Waals surface area (Å²) >= 11 is 1.79. The van der Waals surface area contributed by atoms with Crippen LogP contribution in [0.15, 0.2) is 58.3 Å². The molecule has 1 N–H and O–H groups in total. The molecule has 0 spiro atoms. The zero-order valence-electron chi connectivity index (χ0n) is 14.2. The van der Waals surface area contributed by atoms with E-state index in [-0.39, 0.29) is 5.91 Å². The Balaban J connectivity index is 1.70. The summed E-state index contributed by atoms with van der Waals surface area (Å²) in [5.74, 6) is 0.102. The molecule has 0 unspecified atom stereocenters. The van der Waals surface area contributed by atoms with E-state index in [4.69, 9.17) is 0 Å². The average molecular weight is 341 g/mol. The van der Waals surface area contributed by atoms with Gasteiger partial charge in [-0.05, 0) is 38.4 Å². The first-order chi connectivity index (χ1) is 11.6. The molecule has 2 aromatic rings. The number of hydrogen-bond acceptors (Lipinski definition) is 4. The van der Waals surface area contributed by atoms with E-state index in [0.29, 0.717) is 19.5 Å². The van der Waals surface area contributed by atoms with Gasteiger partial charge in [0.2, 0.25) is 5.91 Å². The van der Waals surface area contributed by atoms with Crippen molar-refractivity contribution in [2.24, 2.45) is 0 Å². The van der Waals surface area contributed by atoms with Gasteiger partial charge in [-0.25, -0.2) is 0 Å². The SMILES string of the molecule is CN(C)CCNC(=O)CCN1c2ccccc2Sc2ccccc21. The Labute approximate surface area is 147 Å². The molecule has 0 atom stereocenters. The van der Waals surface area contributed by atoms with Gasteiger partial charge in [-0.2, -0.15) is 0 Å². The first-order valence-electron chi connectivity index (χ1n) is 8.20. The fourth-order valence-electron chi connectivity index (χ4n) is 2.74. The van der Waals surface area contributed by atoms with E-state index in [9.17, 15) is 4.79 Å². The Bertz CT molecular complexity index is 672. The summed E-state index contributed by atoms with van der Waals surface area (Å²) in [4.78, 5) is 18.9. The fraction of sp³-hybridized carbons (Fsp3) is 0.316. The zero-order chi connectivity index (χ0) is 16.9. The molecule has 126 valence electrons. The molecule has 0 aliphatic carbocycles. The minimum Gasteiger partial charge on any atom is -0.355 e. The summed E-state index contributed by atoms with van der Waals surface area (Å²) < 4.78 is 0. The highest BCUT2D eigenvalue weighted by molar-refractivity contribution is 7.99. The Morgan fingerprint density at radius 2 is 1.62 bits per heavy atom. The monoisotopic (exact) mass is 341 g/mol. The lowest BCUT2D eigenvalue weighted by Gasteiger charge is -2.32. The molecule has 0 fully saturated rings. The molecule has 0 bridgehead atoms. The molecule has 1 aliphatic rings. The molecule has 0 aromatic heterocycles. The number of carbonyl (C=O) groups excluding carboxylic acids is 1. The maximum Gasteiger partial charge on any atom is 0.221 e. The number of amides is 1. The third-order valence-corrected chi connectivity index (χ3v) is 5.11. The Morgan fingerprint density at radius 3 is 2.21 bits per heavy atom. The lowest BCUT2D eigenvalue weighted by atomic mass is 10.2. The van der Waals surface area contributed by atoms with Crippen LogP contribution in [0, 0.1) is 0 Å². The summed E-state index contributed by atoms with van der Waals surface area (Å²) in [6, 6.07) is 16.8. The number of rotatable bonds is 6. The smallest absolute Gasteiger partial charge is 0.221 e. The van der Waals surface area contributed by atoms with Crippen molar-refractivity contribution in [2.45, 2.75) is 16.2 Å². The second-order valence-corrected chi connectivity index (χ2v) is 7.18. The number of fused-ring (bicyclic) bond motifs is 2. The summed E-state index contributed by atoms with van der Waals surface area (Å²) in [7, 11) is 4.01. The highest BCUT2D eigenvalue weighted by atomic mass is 32.2. The van der Waals surface area contributed by atoms with Crippen molar-refractivity contribution in [2.75, 3.05) is 38.6 Å². The van der Waals surface area contributed by atoms with E-state index in [1.165, 1.54) is 21.2 Å². The second-order valence-electron chi connectivity index (χ2n) is 6.09. The van der Waals surface area contributed by atoms with E-state index in [1.807, 2.05) is 14.1 Å². The number of likely N-dealkylation sites (N-methyl/N-ethyl adjacent to an activating group) is 1. The van der Waals surface area contributed by atoms with Crippen molar-refractivity contribution in [3.05, 3.63) is 48.5 Å². The van der Waals surface area contributed by atoms with Crippen molar-refractivity contribution >= 4 is 29.0 Å². The Morgan fingerprint density at radius 1 is 1.04 bits per heavy atom. The van der Waals surface area contributed by atoms with Crippen LogP contribution in [-0.2, 0) is 4.79 Å². The summed E-state index contributed by atoms with van der Waals surface area (Å²) in [6.45, 7) is 2.23. The first-order valence-corrected chi connectivity index (χ1v) is 9.01. The molecule has 0 saturated carbocycles. The zero-order valence-corrected chi connectivity index (χ0v) is 15.0. The quantitative estimate of drug-likeness (QED) is 0.874. The molecule has 1 heterocycles. The van der Waals surface area contributed by atoms with Crippen molar-refractivity contribution in [1.82, 2.24) is 10.2 Å². The van der Waals surface area contributed by atoms with Gasteiger partial charge in [0.15, 0.2) is 0 Å². The van der Waals surface area contributed by atoms with Crippen LogP contribution < -0.4 is 10.2 Å². The summed E-state index contributed by atoms with van der Waals surface area (Å²) in [6.07, 6.45) is 0.487. The van der Waals surface area contributed by atoms with Gasteiger partial charge in [0.05, 0.1) is 11.4 Å². The van der Waals surface area contributed by atoms with Gasteiger partial charge in [0.25, 0.3) is 0 Å². The third kappa shape index (κ3) is 3.91. The maximum atomic E-state index is 12.1. The van der Waals surface area contributed by atoms with Gasteiger partial charge in [-0.3, -0.25) is 4.79 Å². The molecule has 0 radical (unpaired) electrons. The van der Waals surface area contributed by atoms with Crippen LogP contribution in [0.3, 0.4) is 0 Å². The predicted molar refractivity (Wildman–Crippen MR) is 100 cm³/mol. The molecule has 1 aliphatic heterocycles. The molecule has 4 nitrogen and oxygen atoms in total. The largest absolute Gasteiger partial charge is 0.355 e. The highest BCUT2D eigenvalue weighted by Gasteiger charge is 2.22. The van der Waals surface area contributed by atoms with Crippen LogP contribution >= 0.6 is 11.8 Å². The van der Waals surface area contributed by atoms with Crippen LogP contribution in [0.5, 0.6) is 0 Å². The molecular formula is C19H23N3OS. The van der Waals surface area contributed by atoms with Crippen LogP contribution in [0.1, 0.15) is 6.42 Å². The number of para-hydroxylation sites is 2. The Hall–Kier alpha value is -1.98. The van der Waals surface area contributed by atoms with E-state index in [1.54, 1.807) is 11.8 Å². The molecule has 5 heteroatoms. The van der Waals surface area contributed by atoms with Crippen molar-refractivity contribution in [3.8, 4) is 0 Å². The Kier molecular flexibility index (Phi) is 5.43. The van der Waals surface area contributed by atoms with Gasteiger partial charge >= 0.3 is 0 Å². The van der Waals surface area contributed by atoms with Gasteiger partial charge < -0.3 is 15.1 Å². The van der Waals surface area contributed by atoms with E-state index in [2.05, 4.69) is 63.6 Å². The topological polar surface area (TPSA) is 35.6 Å². The molecule has 3 rings (SSSR count). The van der Waals surface area contributed by atoms with E-state index >= 15 is 0 Å². The first kappa shape index (κ1) is 16.9. The van der Waals surface area contributed by atoms with Crippen molar-refractivity contribution in [1.29, 1.82) is 0 Å². The van der Waals surface area contributed by atoms with Crippen molar-refractivity contribution in [3.63, 3.8) is 0 Å². The molecule has 0 saturated heterocycles. The lowest BCUT2D eigenvalue weighted by Crippen LogP contribution is -2.33. The van der Waals surface area contributed by atoms with Crippen LogP contribution in [0.2, 0.25) is 0 Å². The number of benzene rings is 2. The molecule has 24 heavy (non-hydrogen) atoms. The van der Waals surface area contributed by atoms with E-state index in [0.717, 1.165) is 6.54 Å². The minimum absolute atomic E-state index is 0.102. The molecule has 1 amide bonds. The normalized spacial score (nSPS) is 12.7. The van der Waals surface area contributed by atoms with Crippen LogP contribution in [0.4, 0.5) is 11.4 Å². The van der Waals surface area contributed by atoms with Crippen molar-refractivity contribution < 1.29 is 4.79 Å². The molecular weight excluding hydrogens is 318 g/mol. The number of hydrogen-bond donors (Lipinski definition) is 1. The fourth-order valence-corrected chi connectivity index (χ4v) is 3.84. The number of nitrogens with one attached hydrogen (secondary N) is 1. The minimum atomic E-state index is 0.102. The summed E-state index contributed by atoms with van der Waals surface area (Å²) in [5, 5.41) is 2.99. The predicted octanol–water partition coefficient (Wildman–Crippen LogP) is 3.36. The number of anilines is 2. The highest BCUT2D eigenvalue weighted by Crippen LogP contribution is 2.47. The van der Waals surface area contributed by atoms with Crippen LogP contribution in [0.25, 0.3) is 0 Å². The lowest BCUT2D eigenvalue weighted by molar-refractivity contribution is -0.120. The number of nitrogens with zero attached hydrogens (tertiary/aromatic N) is 2. The average Bonchev–Trinajstić information content (AvgIpc) is 2.58.